The summed E-state index contributed by atoms with van der Waals surface area (Å²) in [5, 5.41) is 20.9. The van der Waals surface area contributed by atoms with Crippen LogP contribution in [-0.2, 0) is 7.05 Å². The lowest BCUT2D eigenvalue weighted by molar-refractivity contribution is 0.0689. The maximum Gasteiger partial charge on any atom is 0.358 e. The highest BCUT2D eigenvalue weighted by molar-refractivity contribution is 5.87. The predicted octanol–water partition coefficient (Wildman–Crippen LogP) is 0.576. The van der Waals surface area contributed by atoms with Crippen molar-refractivity contribution in [1.29, 1.82) is 0 Å². The second-order valence-electron chi connectivity index (χ2n) is 4.16. The summed E-state index contributed by atoms with van der Waals surface area (Å²) in [5.41, 5.74) is 0.703. The van der Waals surface area contributed by atoms with Gasteiger partial charge in [-0.05, 0) is 12.8 Å². The van der Waals surface area contributed by atoms with Gasteiger partial charge < -0.3 is 5.11 Å². The number of hydrogen-bond acceptors (Lipinski definition) is 4. The van der Waals surface area contributed by atoms with Crippen LogP contribution in [0.2, 0.25) is 0 Å². The zero-order valence-corrected chi connectivity index (χ0v) is 9.24. The van der Waals surface area contributed by atoms with Crippen molar-refractivity contribution < 1.29 is 9.90 Å². The molecule has 17 heavy (non-hydrogen) atoms. The van der Waals surface area contributed by atoms with Crippen molar-refractivity contribution in [3.8, 4) is 5.82 Å². The van der Waals surface area contributed by atoms with Gasteiger partial charge in [-0.25, -0.2) is 4.79 Å². The third-order valence-corrected chi connectivity index (χ3v) is 2.79. The molecule has 88 valence electrons. The molecule has 1 saturated carbocycles. The second kappa shape index (κ2) is 3.41. The first-order valence-electron chi connectivity index (χ1n) is 5.35. The lowest BCUT2D eigenvalue weighted by atomic mass is 10.2. The van der Waals surface area contributed by atoms with E-state index in [-0.39, 0.29) is 11.6 Å². The Bertz CT molecular complexity index is 581. The summed E-state index contributed by atoms with van der Waals surface area (Å²) in [5.74, 6) is -0.179. The standard InChI is InChI=1S/C10H11N5O2/c1-14-5-4-7(12-14)15-9(6-2-3-6)8(10(16)17)11-13-15/h4-6H,2-3H2,1H3,(H,16,17). The fourth-order valence-electron chi connectivity index (χ4n) is 1.85. The van der Waals surface area contributed by atoms with Crippen LogP contribution in [0.5, 0.6) is 0 Å². The van der Waals surface area contributed by atoms with Gasteiger partial charge in [0.25, 0.3) is 0 Å². The van der Waals surface area contributed by atoms with E-state index in [1.165, 1.54) is 4.68 Å². The van der Waals surface area contributed by atoms with E-state index >= 15 is 0 Å². The molecule has 1 aliphatic carbocycles. The number of aromatic carboxylic acids is 1. The molecule has 1 fully saturated rings. The summed E-state index contributed by atoms with van der Waals surface area (Å²) >= 11 is 0. The van der Waals surface area contributed by atoms with Crippen molar-refractivity contribution >= 4 is 5.97 Å². The van der Waals surface area contributed by atoms with Crippen LogP contribution < -0.4 is 0 Å². The Kier molecular flexibility index (Phi) is 2.01. The number of aryl methyl sites for hydroxylation is 1. The van der Waals surface area contributed by atoms with E-state index in [1.807, 2.05) is 0 Å². The van der Waals surface area contributed by atoms with Gasteiger partial charge in [0.1, 0.15) is 0 Å². The molecule has 2 heterocycles. The molecule has 0 spiro atoms. The molecule has 0 saturated heterocycles. The first-order chi connectivity index (χ1) is 8.16. The first kappa shape index (κ1) is 10.0. The Balaban J connectivity index is 2.13. The first-order valence-corrected chi connectivity index (χ1v) is 5.35. The van der Waals surface area contributed by atoms with E-state index < -0.39 is 5.97 Å². The van der Waals surface area contributed by atoms with E-state index in [0.29, 0.717) is 11.5 Å². The molecule has 3 rings (SSSR count). The molecule has 1 aliphatic rings. The zero-order chi connectivity index (χ0) is 12.0. The van der Waals surface area contributed by atoms with Crippen molar-refractivity contribution in [2.24, 2.45) is 7.05 Å². The smallest absolute Gasteiger partial charge is 0.358 e. The lowest BCUT2D eigenvalue weighted by Gasteiger charge is -2.01. The quantitative estimate of drug-likeness (QED) is 0.837. The minimum atomic E-state index is -1.03. The molecular weight excluding hydrogens is 222 g/mol. The molecule has 1 N–H and O–H groups in total. The largest absolute Gasteiger partial charge is 0.476 e. The normalized spacial score (nSPS) is 15.1. The topological polar surface area (TPSA) is 85.8 Å². The number of hydrogen-bond donors (Lipinski definition) is 1. The van der Waals surface area contributed by atoms with Crippen LogP contribution in [0.4, 0.5) is 0 Å². The summed E-state index contributed by atoms with van der Waals surface area (Å²) in [7, 11) is 1.80. The Hall–Kier alpha value is -2.18. The minimum absolute atomic E-state index is 0.0400. The van der Waals surface area contributed by atoms with Gasteiger partial charge in [0, 0.05) is 25.2 Å². The van der Waals surface area contributed by atoms with E-state index in [4.69, 9.17) is 5.11 Å². The maximum atomic E-state index is 11.1. The highest BCUT2D eigenvalue weighted by atomic mass is 16.4. The molecule has 2 aromatic rings. The molecule has 0 radical (unpaired) electrons. The molecule has 0 aliphatic heterocycles. The Morgan fingerprint density at radius 3 is 2.82 bits per heavy atom. The molecule has 0 amide bonds. The van der Waals surface area contributed by atoms with E-state index in [0.717, 1.165) is 12.8 Å². The van der Waals surface area contributed by atoms with Crippen molar-refractivity contribution in [3.05, 3.63) is 23.7 Å². The van der Waals surface area contributed by atoms with E-state index in [2.05, 4.69) is 15.4 Å². The lowest BCUT2D eigenvalue weighted by Crippen LogP contribution is -2.06. The Morgan fingerprint density at radius 1 is 1.53 bits per heavy atom. The van der Waals surface area contributed by atoms with Crippen molar-refractivity contribution in [2.75, 3.05) is 0 Å². The van der Waals surface area contributed by atoms with Gasteiger partial charge in [-0.1, -0.05) is 5.21 Å². The van der Waals surface area contributed by atoms with Gasteiger partial charge in [-0.2, -0.15) is 9.78 Å². The van der Waals surface area contributed by atoms with Crippen molar-refractivity contribution in [2.45, 2.75) is 18.8 Å². The SMILES string of the molecule is Cn1ccc(-n2nnc(C(=O)O)c2C2CC2)n1. The molecular formula is C10H11N5O2. The fraction of sp³-hybridized carbons (Fsp3) is 0.400. The average molecular weight is 233 g/mol. The van der Waals surface area contributed by atoms with Crippen LogP contribution in [0, 0.1) is 0 Å². The molecule has 7 heteroatoms. The van der Waals surface area contributed by atoms with Gasteiger partial charge in [0.2, 0.25) is 0 Å². The van der Waals surface area contributed by atoms with Crippen LogP contribution in [-0.4, -0.2) is 35.9 Å². The van der Waals surface area contributed by atoms with Crippen LogP contribution in [0.25, 0.3) is 5.82 Å². The van der Waals surface area contributed by atoms with Gasteiger partial charge in [0.15, 0.2) is 11.5 Å². The van der Waals surface area contributed by atoms with Gasteiger partial charge in [0.05, 0.1) is 5.69 Å². The van der Waals surface area contributed by atoms with Gasteiger partial charge in [-0.15, -0.1) is 5.10 Å². The zero-order valence-electron chi connectivity index (χ0n) is 9.24. The summed E-state index contributed by atoms with van der Waals surface area (Å²) in [6, 6.07) is 1.78. The minimum Gasteiger partial charge on any atom is -0.476 e. The van der Waals surface area contributed by atoms with Crippen LogP contribution in [0.1, 0.15) is 34.9 Å². The number of carboxylic acids is 1. The maximum absolute atomic E-state index is 11.1. The number of carbonyl (C=O) groups is 1. The van der Waals surface area contributed by atoms with Gasteiger partial charge in [-0.3, -0.25) is 4.68 Å². The predicted molar refractivity (Wildman–Crippen MR) is 57.1 cm³/mol. The van der Waals surface area contributed by atoms with Gasteiger partial charge >= 0.3 is 5.97 Å². The molecule has 0 atom stereocenters. The summed E-state index contributed by atoms with van der Waals surface area (Å²) in [4.78, 5) is 11.1. The average Bonchev–Trinajstić information content (AvgIpc) is 2.87. The summed E-state index contributed by atoms with van der Waals surface area (Å²) < 4.78 is 3.18. The summed E-state index contributed by atoms with van der Waals surface area (Å²) in [6.07, 6.45) is 3.76. The fourth-order valence-corrected chi connectivity index (χ4v) is 1.85. The Morgan fingerprint density at radius 2 is 2.29 bits per heavy atom. The van der Waals surface area contributed by atoms with Crippen LogP contribution in [0.15, 0.2) is 12.3 Å². The summed E-state index contributed by atoms with van der Waals surface area (Å²) in [6.45, 7) is 0. The molecule has 7 nitrogen and oxygen atoms in total. The van der Waals surface area contributed by atoms with Crippen LogP contribution >= 0.6 is 0 Å². The van der Waals surface area contributed by atoms with Crippen molar-refractivity contribution in [1.82, 2.24) is 24.8 Å². The molecule has 0 unspecified atom stereocenters. The molecule has 0 bridgehead atoms. The molecule has 2 aromatic heterocycles. The van der Waals surface area contributed by atoms with Crippen molar-refractivity contribution in [3.63, 3.8) is 0 Å². The number of nitrogens with zero attached hydrogens (tertiary/aromatic N) is 5. The monoisotopic (exact) mass is 233 g/mol. The molecule has 0 aromatic carbocycles. The number of aromatic nitrogens is 5. The van der Waals surface area contributed by atoms with E-state index in [9.17, 15) is 4.79 Å². The highest BCUT2D eigenvalue weighted by Crippen LogP contribution is 2.41. The van der Waals surface area contributed by atoms with E-state index in [1.54, 1.807) is 24.0 Å². The second-order valence-corrected chi connectivity index (χ2v) is 4.16. The number of rotatable bonds is 3. The highest BCUT2D eigenvalue weighted by Gasteiger charge is 2.34. The third kappa shape index (κ3) is 1.59. The Labute approximate surface area is 96.7 Å². The van der Waals surface area contributed by atoms with Crippen LogP contribution in [0.3, 0.4) is 0 Å². The number of carboxylic acid groups (broad SMARTS) is 1. The third-order valence-electron chi connectivity index (χ3n) is 2.79.